The number of nitrogens with one attached hydrogen (secondary N) is 1. The van der Waals surface area contributed by atoms with Gasteiger partial charge in [-0.15, -0.1) is 0 Å². The second-order valence-electron chi connectivity index (χ2n) is 4.33. The molecule has 0 aromatic heterocycles. The summed E-state index contributed by atoms with van der Waals surface area (Å²) in [6.45, 7) is 0. The first-order valence-corrected chi connectivity index (χ1v) is 6.24. The zero-order valence-corrected chi connectivity index (χ0v) is 11.6. The highest BCUT2D eigenvalue weighted by Crippen LogP contribution is 2.15. The standard InChI is InChI=1S/C16H11FN2O3/c1-22-16(21)11-4-2-3-10(7-11)15(20)19-13-5-6-14(17)12(8-13)9-18/h2-8H,1H3,(H,19,20). The third-order valence-corrected chi connectivity index (χ3v) is 2.89. The molecule has 1 amide bonds. The van der Waals surface area contributed by atoms with Crippen LogP contribution in [0, 0.1) is 17.1 Å². The Morgan fingerprint density at radius 1 is 1.18 bits per heavy atom. The number of rotatable bonds is 3. The number of hydrogen-bond donors (Lipinski definition) is 1. The largest absolute Gasteiger partial charge is 0.465 e. The lowest BCUT2D eigenvalue weighted by atomic mass is 10.1. The van der Waals surface area contributed by atoms with Gasteiger partial charge < -0.3 is 10.1 Å². The van der Waals surface area contributed by atoms with Gasteiger partial charge in [0.2, 0.25) is 0 Å². The molecule has 0 saturated carbocycles. The number of nitrogens with zero attached hydrogens (tertiary/aromatic N) is 1. The minimum absolute atomic E-state index is 0.166. The Hall–Kier alpha value is -3.20. The molecule has 0 radical (unpaired) electrons. The van der Waals surface area contributed by atoms with Crippen molar-refractivity contribution in [2.45, 2.75) is 0 Å². The van der Waals surface area contributed by atoms with Gasteiger partial charge in [-0.25, -0.2) is 9.18 Å². The highest BCUT2D eigenvalue weighted by Gasteiger charge is 2.11. The first-order chi connectivity index (χ1) is 10.5. The van der Waals surface area contributed by atoms with Crippen LogP contribution in [0.3, 0.4) is 0 Å². The molecule has 0 aliphatic heterocycles. The van der Waals surface area contributed by atoms with Gasteiger partial charge in [0, 0.05) is 11.3 Å². The topological polar surface area (TPSA) is 79.2 Å². The monoisotopic (exact) mass is 298 g/mol. The van der Waals surface area contributed by atoms with E-state index < -0.39 is 17.7 Å². The molecular formula is C16H11FN2O3. The first kappa shape index (κ1) is 15.2. The summed E-state index contributed by atoms with van der Waals surface area (Å²) in [5.41, 5.74) is 0.602. The fraction of sp³-hybridized carbons (Fsp3) is 0.0625. The van der Waals surface area contributed by atoms with E-state index in [9.17, 15) is 14.0 Å². The van der Waals surface area contributed by atoms with Crippen LogP contribution in [0.1, 0.15) is 26.3 Å². The number of esters is 1. The van der Waals surface area contributed by atoms with E-state index >= 15 is 0 Å². The predicted molar refractivity (Wildman–Crippen MR) is 76.8 cm³/mol. The Morgan fingerprint density at radius 2 is 1.91 bits per heavy atom. The maximum atomic E-state index is 13.2. The summed E-state index contributed by atoms with van der Waals surface area (Å²) in [5, 5.41) is 11.3. The normalized spacial score (nSPS) is 9.68. The van der Waals surface area contributed by atoms with Gasteiger partial charge in [0.25, 0.3) is 5.91 Å². The molecule has 22 heavy (non-hydrogen) atoms. The van der Waals surface area contributed by atoms with Crippen molar-refractivity contribution >= 4 is 17.6 Å². The lowest BCUT2D eigenvalue weighted by molar-refractivity contribution is 0.0600. The van der Waals surface area contributed by atoms with E-state index in [1.54, 1.807) is 12.1 Å². The van der Waals surface area contributed by atoms with Gasteiger partial charge in [-0.1, -0.05) is 6.07 Å². The van der Waals surface area contributed by atoms with Crippen LogP contribution in [-0.4, -0.2) is 19.0 Å². The van der Waals surface area contributed by atoms with Crippen molar-refractivity contribution in [2.75, 3.05) is 12.4 Å². The van der Waals surface area contributed by atoms with E-state index in [1.807, 2.05) is 0 Å². The maximum absolute atomic E-state index is 13.2. The van der Waals surface area contributed by atoms with E-state index in [0.717, 1.165) is 6.07 Å². The summed E-state index contributed by atoms with van der Waals surface area (Å²) in [5.74, 6) is -1.70. The molecule has 0 spiro atoms. The first-order valence-electron chi connectivity index (χ1n) is 6.24. The van der Waals surface area contributed by atoms with Crippen LogP contribution in [0.5, 0.6) is 0 Å². The fourth-order valence-electron chi connectivity index (χ4n) is 1.80. The molecule has 0 heterocycles. The van der Waals surface area contributed by atoms with Gasteiger partial charge in [-0.2, -0.15) is 5.26 Å². The second kappa shape index (κ2) is 6.50. The maximum Gasteiger partial charge on any atom is 0.337 e. The highest BCUT2D eigenvalue weighted by atomic mass is 19.1. The van der Waals surface area contributed by atoms with E-state index in [0.29, 0.717) is 0 Å². The zero-order valence-electron chi connectivity index (χ0n) is 11.6. The second-order valence-corrected chi connectivity index (χ2v) is 4.33. The van der Waals surface area contributed by atoms with E-state index in [-0.39, 0.29) is 22.4 Å². The average molecular weight is 298 g/mol. The van der Waals surface area contributed by atoms with Gasteiger partial charge in [-0.05, 0) is 36.4 Å². The molecule has 0 bridgehead atoms. The Balaban J connectivity index is 2.23. The van der Waals surface area contributed by atoms with Gasteiger partial charge in [0.15, 0.2) is 0 Å². The van der Waals surface area contributed by atoms with Crippen LogP contribution in [0.4, 0.5) is 10.1 Å². The number of hydrogen-bond acceptors (Lipinski definition) is 4. The average Bonchev–Trinajstić information content (AvgIpc) is 2.55. The zero-order chi connectivity index (χ0) is 16.1. The molecule has 0 aliphatic carbocycles. The van der Waals surface area contributed by atoms with Crippen LogP contribution in [0.15, 0.2) is 42.5 Å². The quantitative estimate of drug-likeness (QED) is 0.884. The number of halogens is 1. The van der Waals surface area contributed by atoms with Crippen molar-refractivity contribution in [3.63, 3.8) is 0 Å². The number of benzene rings is 2. The number of anilines is 1. The molecule has 0 unspecified atom stereocenters. The third-order valence-electron chi connectivity index (χ3n) is 2.89. The Morgan fingerprint density at radius 3 is 2.59 bits per heavy atom. The number of nitriles is 1. The smallest absolute Gasteiger partial charge is 0.337 e. The Kier molecular flexibility index (Phi) is 4.49. The summed E-state index contributed by atoms with van der Waals surface area (Å²) in [4.78, 5) is 23.6. The number of carbonyl (C=O) groups excluding carboxylic acids is 2. The molecule has 6 heteroatoms. The van der Waals surface area contributed by atoms with Crippen LogP contribution in [0.25, 0.3) is 0 Å². The van der Waals surface area contributed by atoms with E-state index in [2.05, 4.69) is 10.1 Å². The molecular weight excluding hydrogens is 287 g/mol. The van der Waals surface area contributed by atoms with Crippen molar-refractivity contribution in [3.8, 4) is 6.07 Å². The van der Waals surface area contributed by atoms with E-state index in [1.165, 1.54) is 37.4 Å². The molecule has 0 saturated heterocycles. The molecule has 2 aromatic rings. The van der Waals surface area contributed by atoms with Crippen molar-refractivity contribution in [1.82, 2.24) is 0 Å². The van der Waals surface area contributed by atoms with Crippen molar-refractivity contribution < 1.29 is 18.7 Å². The summed E-state index contributed by atoms with van der Waals surface area (Å²) >= 11 is 0. The minimum atomic E-state index is -0.659. The molecule has 2 rings (SSSR count). The molecule has 0 fully saturated rings. The summed E-state index contributed by atoms with van der Waals surface area (Å²) in [6.07, 6.45) is 0. The van der Waals surface area contributed by atoms with E-state index in [4.69, 9.17) is 5.26 Å². The Labute approximate surface area is 125 Å². The summed E-state index contributed by atoms with van der Waals surface area (Å²) < 4.78 is 17.8. The van der Waals surface area contributed by atoms with Crippen LogP contribution < -0.4 is 5.32 Å². The molecule has 0 aliphatic rings. The Bertz CT molecular complexity index is 781. The van der Waals surface area contributed by atoms with Crippen molar-refractivity contribution in [3.05, 3.63) is 65.0 Å². The van der Waals surface area contributed by atoms with Gasteiger partial charge in [-0.3, -0.25) is 4.79 Å². The number of amides is 1. The van der Waals surface area contributed by atoms with Crippen LogP contribution in [-0.2, 0) is 4.74 Å². The fourth-order valence-corrected chi connectivity index (χ4v) is 1.80. The summed E-state index contributed by atoms with van der Waals surface area (Å²) in [6, 6.07) is 11.3. The minimum Gasteiger partial charge on any atom is -0.465 e. The molecule has 1 N–H and O–H groups in total. The number of ether oxygens (including phenoxy) is 1. The number of methoxy groups -OCH3 is 1. The van der Waals surface area contributed by atoms with Crippen LogP contribution >= 0.6 is 0 Å². The lowest BCUT2D eigenvalue weighted by Crippen LogP contribution is -2.13. The SMILES string of the molecule is COC(=O)c1cccc(C(=O)Nc2ccc(F)c(C#N)c2)c1. The predicted octanol–water partition coefficient (Wildman–Crippen LogP) is 2.74. The molecule has 5 nitrogen and oxygen atoms in total. The van der Waals surface area contributed by atoms with Crippen LogP contribution in [0.2, 0.25) is 0 Å². The summed E-state index contributed by atoms with van der Waals surface area (Å²) in [7, 11) is 1.25. The van der Waals surface area contributed by atoms with Gasteiger partial charge in [0.05, 0.1) is 18.2 Å². The molecule has 0 atom stereocenters. The van der Waals surface area contributed by atoms with Gasteiger partial charge in [0.1, 0.15) is 11.9 Å². The third kappa shape index (κ3) is 3.27. The highest BCUT2D eigenvalue weighted by molar-refractivity contribution is 6.05. The van der Waals surface area contributed by atoms with Crippen molar-refractivity contribution in [2.24, 2.45) is 0 Å². The van der Waals surface area contributed by atoms with Gasteiger partial charge >= 0.3 is 5.97 Å². The van der Waals surface area contributed by atoms with Crippen molar-refractivity contribution in [1.29, 1.82) is 5.26 Å². The lowest BCUT2D eigenvalue weighted by Gasteiger charge is -2.07. The molecule has 2 aromatic carbocycles. The number of carbonyl (C=O) groups is 2. The molecule has 110 valence electrons.